The van der Waals surface area contributed by atoms with Crippen LogP contribution in [0.3, 0.4) is 0 Å². The van der Waals surface area contributed by atoms with Crippen LogP contribution in [0.5, 0.6) is 0 Å². The van der Waals surface area contributed by atoms with Gasteiger partial charge in [0.15, 0.2) is 6.10 Å². The lowest BCUT2D eigenvalue weighted by atomic mass is 10.0. The van der Waals surface area contributed by atoms with Crippen LogP contribution in [0.4, 0.5) is 5.69 Å². The Morgan fingerprint density at radius 2 is 1.68 bits per heavy atom. The maximum Gasteiger partial charge on any atom is 0.338 e. The van der Waals surface area contributed by atoms with Gasteiger partial charge < -0.3 is 14.5 Å². The number of furan rings is 1. The SMILES string of the molecule is Cc1cc(C)c(NC(=O)C(C)OC(=O)c2ccc3c(c2)C(=O)N(Cc2ccco2)C3=O)c(C)c1. The largest absolute Gasteiger partial charge is 0.467 e. The van der Waals surface area contributed by atoms with Crippen LogP contribution < -0.4 is 5.32 Å². The zero-order valence-corrected chi connectivity index (χ0v) is 19.3. The second-order valence-electron chi connectivity index (χ2n) is 8.35. The minimum absolute atomic E-state index is 0.00578. The highest BCUT2D eigenvalue weighted by molar-refractivity contribution is 6.21. The van der Waals surface area contributed by atoms with Crippen molar-refractivity contribution in [2.24, 2.45) is 0 Å². The maximum atomic E-state index is 12.8. The molecule has 0 aliphatic carbocycles. The summed E-state index contributed by atoms with van der Waals surface area (Å²) in [6, 6.07) is 11.4. The van der Waals surface area contributed by atoms with Crippen LogP contribution in [0.1, 0.15) is 60.4 Å². The number of imide groups is 1. The lowest BCUT2D eigenvalue weighted by molar-refractivity contribution is -0.123. The van der Waals surface area contributed by atoms with Crippen LogP contribution in [-0.2, 0) is 16.1 Å². The standard InChI is InChI=1S/C26H24N2O6/c1-14-10-15(2)22(16(3)11-14)27-23(29)17(4)34-26(32)18-7-8-20-21(12-18)25(31)28(24(20)30)13-19-6-5-9-33-19/h5-12,17H,13H2,1-4H3,(H,27,29). The number of hydrogen-bond donors (Lipinski definition) is 1. The van der Waals surface area contributed by atoms with Crippen molar-refractivity contribution in [1.29, 1.82) is 0 Å². The fraction of sp³-hybridized carbons (Fsp3) is 0.231. The van der Waals surface area contributed by atoms with E-state index in [1.165, 1.54) is 31.4 Å². The Labute approximate surface area is 196 Å². The zero-order chi connectivity index (χ0) is 24.6. The van der Waals surface area contributed by atoms with Gasteiger partial charge in [0.1, 0.15) is 5.76 Å². The summed E-state index contributed by atoms with van der Waals surface area (Å²) < 4.78 is 10.6. The summed E-state index contributed by atoms with van der Waals surface area (Å²) in [7, 11) is 0. The van der Waals surface area contributed by atoms with E-state index >= 15 is 0 Å². The molecule has 1 aliphatic heterocycles. The summed E-state index contributed by atoms with van der Waals surface area (Å²) in [5.74, 6) is -1.77. The Kier molecular flexibility index (Phi) is 6.06. The molecule has 2 heterocycles. The first-order chi connectivity index (χ1) is 16.2. The van der Waals surface area contributed by atoms with Crippen molar-refractivity contribution >= 4 is 29.4 Å². The van der Waals surface area contributed by atoms with Crippen LogP contribution in [0.25, 0.3) is 0 Å². The Hall–Kier alpha value is -4.20. The van der Waals surface area contributed by atoms with E-state index in [0.29, 0.717) is 11.4 Å². The van der Waals surface area contributed by atoms with Crippen LogP contribution in [0.2, 0.25) is 0 Å². The molecule has 0 bridgehead atoms. The van der Waals surface area contributed by atoms with Crippen molar-refractivity contribution in [3.8, 4) is 0 Å². The molecule has 3 amide bonds. The molecule has 34 heavy (non-hydrogen) atoms. The Morgan fingerprint density at radius 3 is 2.32 bits per heavy atom. The second kappa shape index (κ2) is 8.97. The number of aryl methyl sites for hydroxylation is 3. The van der Waals surface area contributed by atoms with E-state index < -0.39 is 29.8 Å². The molecule has 2 aromatic carbocycles. The molecule has 0 saturated carbocycles. The van der Waals surface area contributed by atoms with Gasteiger partial charge in [0.25, 0.3) is 17.7 Å². The number of ether oxygens (including phenoxy) is 1. The normalized spacial score (nSPS) is 13.6. The van der Waals surface area contributed by atoms with Crippen molar-refractivity contribution < 1.29 is 28.3 Å². The predicted molar refractivity (Wildman–Crippen MR) is 124 cm³/mol. The fourth-order valence-corrected chi connectivity index (χ4v) is 4.00. The van der Waals surface area contributed by atoms with Gasteiger partial charge in [0, 0.05) is 5.69 Å². The van der Waals surface area contributed by atoms with E-state index in [4.69, 9.17) is 9.15 Å². The number of carbonyl (C=O) groups is 4. The minimum atomic E-state index is -1.08. The number of hydrogen-bond acceptors (Lipinski definition) is 6. The average molecular weight is 460 g/mol. The maximum absolute atomic E-state index is 12.8. The summed E-state index contributed by atoms with van der Waals surface area (Å²) in [4.78, 5) is 51.8. The molecule has 4 rings (SSSR count). The van der Waals surface area contributed by atoms with Crippen molar-refractivity contribution in [3.05, 3.63) is 87.9 Å². The third-order valence-corrected chi connectivity index (χ3v) is 5.68. The first-order valence-electron chi connectivity index (χ1n) is 10.8. The van der Waals surface area contributed by atoms with Crippen molar-refractivity contribution in [2.45, 2.75) is 40.3 Å². The average Bonchev–Trinajstić information content (AvgIpc) is 3.38. The van der Waals surface area contributed by atoms with E-state index in [0.717, 1.165) is 21.6 Å². The minimum Gasteiger partial charge on any atom is -0.467 e. The number of carbonyl (C=O) groups excluding carboxylic acids is 4. The summed E-state index contributed by atoms with van der Waals surface area (Å²) in [5.41, 5.74) is 3.95. The number of esters is 1. The molecular weight excluding hydrogens is 436 g/mol. The monoisotopic (exact) mass is 460 g/mol. The summed E-state index contributed by atoms with van der Waals surface area (Å²) in [6.45, 7) is 7.23. The molecule has 1 unspecified atom stereocenters. The molecule has 1 aliphatic rings. The quantitative estimate of drug-likeness (QED) is 0.437. The highest BCUT2D eigenvalue weighted by Crippen LogP contribution is 2.26. The fourth-order valence-electron chi connectivity index (χ4n) is 4.00. The van der Waals surface area contributed by atoms with Crippen LogP contribution in [0, 0.1) is 20.8 Å². The van der Waals surface area contributed by atoms with E-state index in [9.17, 15) is 19.2 Å². The van der Waals surface area contributed by atoms with Gasteiger partial charge in [-0.05, 0) is 69.2 Å². The van der Waals surface area contributed by atoms with Gasteiger partial charge >= 0.3 is 5.97 Å². The van der Waals surface area contributed by atoms with Crippen LogP contribution in [0.15, 0.2) is 53.1 Å². The number of amides is 3. The number of nitrogens with zero attached hydrogens (tertiary/aromatic N) is 1. The van der Waals surface area contributed by atoms with Crippen molar-refractivity contribution in [2.75, 3.05) is 5.32 Å². The topological polar surface area (TPSA) is 106 Å². The predicted octanol–water partition coefficient (Wildman–Crippen LogP) is 4.19. The Morgan fingerprint density at radius 1 is 1.00 bits per heavy atom. The molecule has 1 aromatic heterocycles. The second-order valence-corrected chi connectivity index (χ2v) is 8.35. The molecule has 0 radical (unpaired) electrons. The van der Waals surface area contributed by atoms with Gasteiger partial charge in [-0.15, -0.1) is 0 Å². The number of fused-ring (bicyclic) bond motifs is 1. The summed E-state index contributed by atoms with van der Waals surface area (Å²) >= 11 is 0. The highest BCUT2D eigenvalue weighted by atomic mass is 16.5. The molecule has 0 spiro atoms. The Balaban J connectivity index is 1.45. The van der Waals surface area contributed by atoms with Gasteiger partial charge in [-0.25, -0.2) is 4.79 Å². The van der Waals surface area contributed by atoms with Crippen molar-refractivity contribution in [1.82, 2.24) is 4.90 Å². The third-order valence-electron chi connectivity index (χ3n) is 5.68. The molecule has 1 atom stereocenters. The van der Waals surface area contributed by atoms with Crippen molar-refractivity contribution in [3.63, 3.8) is 0 Å². The molecule has 8 nitrogen and oxygen atoms in total. The molecule has 3 aromatic rings. The molecule has 8 heteroatoms. The lowest BCUT2D eigenvalue weighted by Gasteiger charge is -2.17. The molecular formula is C26H24N2O6. The zero-order valence-electron chi connectivity index (χ0n) is 19.3. The van der Waals surface area contributed by atoms with Gasteiger partial charge in [-0.1, -0.05) is 17.7 Å². The molecule has 0 fully saturated rings. The molecule has 1 N–H and O–H groups in total. The van der Waals surface area contributed by atoms with Gasteiger partial charge in [-0.2, -0.15) is 0 Å². The molecule has 174 valence electrons. The van der Waals surface area contributed by atoms with Gasteiger partial charge in [0.05, 0.1) is 29.5 Å². The van der Waals surface area contributed by atoms with Crippen LogP contribution in [-0.4, -0.2) is 34.7 Å². The van der Waals surface area contributed by atoms with Crippen LogP contribution >= 0.6 is 0 Å². The number of anilines is 1. The van der Waals surface area contributed by atoms with E-state index in [1.807, 2.05) is 32.9 Å². The van der Waals surface area contributed by atoms with E-state index in [-0.39, 0.29) is 23.2 Å². The highest BCUT2D eigenvalue weighted by Gasteiger charge is 2.36. The smallest absolute Gasteiger partial charge is 0.338 e. The van der Waals surface area contributed by atoms with E-state index in [1.54, 1.807) is 12.1 Å². The summed E-state index contributed by atoms with van der Waals surface area (Å²) in [6.07, 6.45) is 0.383. The first-order valence-corrected chi connectivity index (χ1v) is 10.8. The first kappa shape index (κ1) is 23.0. The number of rotatable bonds is 6. The third kappa shape index (κ3) is 4.34. The van der Waals surface area contributed by atoms with Gasteiger partial charge in [-0.3, -0.25) is 19.3 Å². The summed E-state index contributed by atoms with van der Waals surface area (Å²) in [5, 5.41) is 2.81. The number of nitrogens with one attached hydrogen (secondary N) is 1. The Bertz CT molecular complexity index is 1290. The molecule has 0 saturated heterocycles. The van der Waals surface area contributed by atoms with Gasteiger partial charge in [0.2, 0.25) is 0 Å². The lowest BCUT2D eigenvalue weighted by Crippen LogP contribution is -2.30. The van der Waals surface area contributed by atoms with E-state index in [2.05, 4.69) is 5.32 Å². The number of benzene rings is 2.